The number of nitrogens with two attached hydrogens (primary N) is 1. The largest absolute Gasteiger partial charge is 0.376 e. The van der Waals surface area contributed by atoms with Gasteiger partial charge in [-0.1, -0.05) is 25.0 Å². The molecule has 41 heavy (non-hydrogen) atoms. The molecule has 3 saturated heterocycles. The summed E-state index contributed by atoms with van der Waals surface area (Å²) < 4.78 is 47.4. The molecule has 8 nitrogen and oxygen atoms in total. The van der Waals surface area contributed by atoms with Gasteiger partial charge in [0, 0.05) is 43.7 Å². The van der Waals surface area contributed by atoms with Gasteiger partial charge in [-0.25, -0.2) is 12.8 Å². The SMILES string of the molecule is CC1(C)CC(C(c2ccc(F)cc2)C(N)C(=O)NC2CCCCC2CCC2CNC3CCCS(=O)(=O)N2C3)CCO1. The Morgan fingerprint density at radius 1 is 1.15 bits per heavy atom. The fourth-order valence-corrected chi connectivity index (χ4v) is 9.69. The van der Waals surface area contributed by atoms with Crippen LogP contribution in [0.1, 0.15) is 89.5 Å². The van der Waals surface area contributed by atoms with Crippen molar-refractivity contribution in [2.45, 2.75) is 114 Å². The normalized spacial score (nSPS) is 34.6. The first-order valence-corrected chi connectivity index (χ1v) is 17.3. The highest BCUT2D eigenvalue weighted by atomic mass is 32.2. The maximum absolute atomic E-state index is 13.8. The standard InChI is InChI=1S/C31H49FN4O4S/c1-31(2)18-23(15-16-40-31)28(22-9-12-24(32)13-10-22)29(33)30(37)35-27-8-4-3-6-21(27)11-14-26-19-34-25-7-5-17-41(38,39)36(26)20-25/h9-10,12-13,21,23,25-29,34H,3-8,11,14-20,33H2,1-2H3,(H,35,37). The summed E-state index contributed by atoms with van der Waals surface area (Å²) in [6.45, 7) is 6.01. The predicted octanol–water partition coefficient (Wildman–Crippen LogP) is 3.66. The number of amides is 1. The lowest BCUT2D eigenvalue weighted by Crippen LogP contribution is -2.57. The lowest BCUT2D eigenvalue weighted by Gasteiger charge is -2.42. The molecule has 1 aromatic carbocycles. The van der Waals surface area contributed by atoms with Crippen LogP contribution in [0, 0.1) is 17.7 Å². The average molecular weight is 593 g/mol. The Morgan fingerprint density at radius 2 is 1.90 bits per heavy atom. The third kappa shape index (κ3) is 7.50. The van der Waals surface area contributed by atoms with Crippen LogP contribution in [0.4, 0.5) is 4.39 Å². The summed E-state index contributed by atoms with van der Waals surface area (Å²) in [5.74, 6) is -0.0298. The van der Waals surface area contributed by atoms with Gasteiger partial charge in [0.05, 0.1) is 17.4 Å². The summed E-state index contributed by atoms with van der Waals surface area (Å²) in [5.41, 5.74) is 7.36. The van der Waals surface area contributed by atoms with Gasteiger partial charge in [-0.15, -0.1) is 0 Å². The number of carbonyl (C=O) groups is 1. The first-order chi connectivity index (χ1) is 19.5. The van der Waals surface area contributed by atoms with E-state index in [2.05, 4.69) is 24.5 Å². The summed E-state index contributed by atoms with van der Waals surface area (Å²) in [6, 6.07) is 5.90. The summed E-state index contributed by atoms with van der Waals surface area (Å²) in [5, 5.41) is 6.90. The van der Waals surface area contributed by atoms with E-state index >= 15 is 0 Å². The number of ether oxygens (including phenoxy) is 1. The smallest absolute Gasteiger partial charge is 0.237 e. The van der Waals surface area contributed by atoms with Crippen LogP contribution in [0.2, 0.25) is 0 Å². The number of nitrogens with one attached hydrogen (secondary N) is 2. The third-order valence-electron chi connectivity index (χ3n) is 10.1. The molecule has 0 spiro atoms. The van der Waals surface area contributed by atoms with Gasteiger partial charge in [-0.3, -0.25) is 4.79 Å². The van der Waals surface area contributed by atoms with Crippen LogP contribution >= 0.6 is 0 Å². The molecule has 1 saturated carbocycles. The zero-order chi connectivity index (χ0) is 29.2. The molecule has 8 atom stereocenters. The zero-order valence-corrected chi connectivity index (χ0v) is 25.5. The van der Waals surface area contributed by atoms with Crippen LogP contribution in [-0.4, -0.2) is 73.8 Å². The Labute approximate surface area is 245 Å². The van der Waals surface area contributed by atoms with E-state index in [4.69, 9.17) is 10.5 Å². The molecule has 4 aliphatic rings. The molecule has 1 aliphatic carbocycles. The average Bonchev–Trinajstić information content (AvgIpc) is 3.04. The van der Waals surface area contributed by atoms with E-state index < -0.39 is 16.1 Å². The van der Waals surface area contributed by atoms with E-state index in [1.807, 2.05) is 0 Å². The molecular weight excluding hydrogens is 543 g/mol. The minimum atomic E-state index is -3.22. The number of hydrogen-bond acceptors (Lipinski definition) is 6. The number of nitrogens with zero attached hydrogens (tertiary/aromatic N) is 1. The van der Waals surface area contributed by atoms with Crippen molar-refractivity contribution < 1.29 is 22.3 Å². The van der Waals surface area contributed by atoms with Crippen molar-refractivity contribution in [2.75, 3.05) is 25.4 Å². The number of benzene rings is 1. The Morgan fingerprint density at radius 3 is 2.66 bits per heavy atom. The molecule has 4 fully saturated rings. The number of piperazine rings is 1. The number of rotatable bonds is 8. The fraction of sp³-hybridized carbons (Fsp3) is 0.774. The first kappa shape index (κ1) is 30.9. The summed E-state index contributed by atoms with van der Waals surface area (Å²) in [6.07, 6.45) is 8.95. The van der Waals surface area contributed by atoms with Crippen molar-refractivity contribution in [3.63, 3.8) is 0 Å². The molecule has 0 aromatic heterocycles. The quantitative estimate of drug-likeness (QED) is 0.425. The van der Waals surface area contributed by atoms with E-state index in [-0.39, 0.29) is 53.0 Å². The number of sulfonamides is 1. The maximum Gasteiger partial charge on any atom is 0.237 e. The van der Waals surface area contributed by atoms with Crippen LogP contribution in [0.3, 0.4) is 0 Å². The Hall–Kier alpha value is -1.59. The highest BCUT2D eigenvalue weighted by Crippen LogP contribution is 2.40. The second-order valence-electron chi connectivity index (χ2n) is 13.5. The lowest BCUT2D eigenvalue weighted by molar-refractivity contribution is -0.126. The minimum absolute atomic E-state index is 0.0207. The van der Waals surface area contributed by atoms with Crippen molar-refractivity contribution in [2.24, 2.45) is 17.6 Å². The molecule has 3 aliphatic heterocycles. The second kappa shape index (κ2) is 13.0. The van der Waals surface area contributed by atoms with Crippen LogP contribution in [0.5, 0.6) is 0 Å². The number of fused-ring (bicyclic) bond motifs is 2. The molecule has 8 unspecified atom stereocenters. The van der Waals surface area contributed by atoms with Crippen molar-refractivity contribution in [3.8, 4) is 0 Å². The van der Waals surface area contributed by atoms with Crippen LogP contribution in [-0.2, 0) is 19.6 Å². The molecular formula is C31H49FN4O4S. The van der Waals surface area contributed by atoms with Gasteiger partial charge in [-0.2, -0.15) is 4.31 Å². The van der Waals surface area contributed by atoms with Gasteiger partial charge in [0.15, 0.2) is 0 Å². The van der Waals surface area contributed by atoms with Crippen molar-refractivity contribution in [3.05, 3.63) is 35.6 Å². The van der Waals surface area contributed by atoms with E-state index in [0.717, 1.165) is 63.4 Å². The molecule has 5 rings (SSSR count). The molecule has 3 heterocycles. The molecule has 1 aromatic rings. The maximum atomic E-state index is 13.8. The molecule has 0 radical (unpaired) electrons. The van der Waals surface area contributed by atoms with E-state index in [1.165, 1.54) is 12.1 Å². The van der Waals surface area contributed by atoms with Gasteiger partial charge in [0.2, 0.25) is 15.9 Å². The lowest BCUT2D eigenvalue weighted by atomic mass is 9.73. The Bertz CT molecular complexity index is 1150. The third-order valence-corrected chi connectivity index (χ3v) is 12.0. The van der Waals surface area contributed by atoms with E-state index in [1.54, 1.807) is 16.4 Å². The molecule has 2 bridgehead atoms. The zero-order valence-electron chi connectivity index (χ0n) is 24.7. The Balaban J connectivity index is 1.26. The summed E-state index contributed by atoms with van der Waals surface area (Å²) >= 11 is 0. The topological polar surface area (TPSA) is 114 Å². The van der Waals surface area contributed by atoms with Crippen LogP contribution < -0.4 is 16.4 Å². The van der Waals surface area contributed by atoms with E-state index in [9.17, 15) is 17.6 Å². The van der Waals surface area contributed by atoms with Crippen molar-refractivity contribution >= 4 is 15.9 Å². The second-order valence-corrected chi connectivity index (χ2v) is 15.5. The van der Waals surface area contributed by atoms with Gasteiger partial charge < -0.3 is 21.1 Å². The van der Waals surface area contributed by atoms with Gasteiger partial charge in [0.1, 0.15) is 5.82 Å². The van der Waals surface area contributed by atoms with Crippen molar-refractivity contribution in [1.29, 1.82) is 0 Å². The predicted molar refractivity (Wildman–Crippen MR) is 158 cm³/mol. The van der Waals surface area contributed by atoms with Gasteiger partial charge >= 0.3 is 0 Å². The van der Waals surface area contributed by atoms with Crippen LogP contribution in [0.25, 0.3) is 0 Å². The highest BCUT2D eigenvalue weighted by Gasteiger charge is 2.41. The Kier molecular flexibility index (Phi) is 9.75. The summed E-state index contributed by atoms with van der Waals surface area (Å²) in [7, 11) is -3.22. The fourth-order valence-electron chi connectivity index (χ4n) is 7.88. The molecule has 1 amide bonds. The highest BCUT2D eigenvalue weighted by molar-refractivity contribution is 7.89. The molecule has 230 valence electrons. The monoisotopic (exact) mass is 592 g/mol. The van der Waals surface area contributed by atoms with E-state index in [0.29, 0.717) is 32.0 Å². The van der Waals surface area contributed by atoms with Gasteiger partial charge in [0.25, 0.3) is 0 Å². The number of carbonyl (C=O) groups excluding carboxylic acids is 1. The number of halogens is 1. The first-order valence-electron chi connectivity index (χ1n) is 15.7. The van der Waals surface area contributed by atoms with Gasteiger partial charge in [-0.05, 0) is 94.7 Å². The molecule has 4 N–H and O–H groups in total. The molecule has 10 heteroatoms. The minimum Gasteiger partial charge on any atom is -0.376 e. The summed E-state index contributed by atoms with van der Waals surface area (Å²) in [4.78, 5) is 13.8. The number of hydrogen-bond donors (Lipinski definition) is 3. The van der Waals surface area contributed by atoms with Crippen molar-refractivity contribution in [1.82, 2.24) is 14.9 Å². The van der Waals surface area contributed by atoms with Crippen LogP contribution in [0.15, 0.2) is 24.3 Å².